The van der Waals surface area contributed by atoms with E-state index in [0.717, 1.165) is 11.3 Å². The lowest BCUT2D eigenvalue weighted by Crippen LogP contribution is -2.27. The van der Waals surface area contributed by atoms with Crippen LogP contribution in [-0.2, 0) is 4.79 Å². The summed E-state index contributed by atoms with van der Waals surface area (Å²) < 4.78 is 25.1. The van der Waals surface area contributed by atoms with Crippen LogP contribution in [0.2, 0.25) is 0 Å². The Bertz CT molecular complexity index is 609. The quantitative estimate of drug-likeness (QED) is 0.884. The molecule has 3 nitrogen and oxygen atoms in total. The molecule has 0 saturated heterocycles. The van der Waals surface area contributed by atoms with Crippen LogP contribution in [0.4, 0.5) is 14.5 Å². The fraction of sp³-hybridized carbons (Fsp3) is 0.188. The van der Waals surface area contributed by atoms with Gasteiger partial charge in [-0.2, -0.15) is 0 Å². The summed E-state index contributed by atoms with van der Waals surface area (Å²) in [6.07, 6.45) is -2.53. The minimum absolute atomic E-state index is 0.0858. The first-order valence-corrected chi connectivity index (χ1v) is 6.48. The number of hydrogen-bond acceptors (Lipinski definition) is 2. The van der Waals surface area contributed by atoms with Crippen molar-refractivity contribution in [2.75, 3.05) is 5.32 Å². The normalized spacial score (nSPS) is 12.2. The van der Waals surface area contributed by atoms with E-state index >= 15 is 0 Å². The summed E-state index contributed by atoms with van der Waals surface area (Å²) in [5.74, 6) is -0.569. The molecule has 0 aromatic heterocycles. The van der Waals surface area contributed by atoms with Gasteiger partial charge in [-0.1, -0.05) is 42.0 Å². The van der Waals surface area contributed by atoms with Crippen LogP contribution in [0.1, 0.15) is 29.2 Å². The van der Waals surface area contributed by atoms with Crippen molar-refractivity contribution in [1.29, 1.82) is 0 Å². The number of nitrogens with two attached hydrogens (primary N) is 1. The summed E-state index contributed by atoms with van der Waals surface area (Å²) in [7, 11) is 0. The molecule has 0 bridgehead atoms. The number of alkyl halides is 2. The van der Waals surface area contributed by atoms with Gasteiger partial charge in [0.15, 0.2) is 0 Å². The lowest BCUT2D eigenvalue weighted by molar-refractivity contribution is -0.118. The highest BCUT2D eigenvalue weighted by molar-refractivity contribution is 5.84. The van der Waals surface area contributed by atoms with Gasteiger partial charge in [0.1, 0.15) is 6.04 Å². The zero-order valence-corrected chi connectivity index (χ0v) is 11.5. The van der Waals surface area contributed by atoms with Crippen molar-refractivity contribution in [2.45, 2.75) is 19.4 Å². The molecule has 21 heavy (non-hydrogen) atoms. The number of amides is 1. The average Bonchev–Trinajstić information content (AvgIpc) is 2.46. The molecular weight excluding hydrogens is 274 g/mol. The number of hydrogen-bond donors (Lipinski definition) is 2. The monoisotopic (exact) mass is 290 g/mol. The van der Waals surface area contributed by atoms with E-state index in [1.165, 1.54) is 24.3 Å². The molecular formula is C16H16F2N2O. The van der Waals surface area contributed by atoms with Crippen LogP contribution in [0.25, 0.3) is 0 Å². The standard InChI is InChI=1S/C16H16F2N2O/c1-10-2-8-13(9-3-10)20-14(16(19)21)11-4-6-12(7-5-11)15(17)18/h2-9,14-15,20H,1H3,(H2,19,21). The summed E-state index contributed by atoms with van der Waals surface area (Å²) in [6, 6.07) is 12.3. The van der Waals surface area contributed by atoms with Gasteiger partial charge in [-0.25, -0.2) is 8.78 Å². The molecule has 0 saturated carbocycles. The predicted molar refractivity (Wildman–Crippen MR) is 78.1 cm³/mol. The van der Waals surface area contributed by atoms with E-state index in [1.54, 1.807) is 0 Å². The van der Waals surface area contributed by atoms with Crippen LogP contribution < -0.4 is 11.1 Å². The molecule has 0 aliphatic heterocycles. The molecule has 2 rings (SSSR count). The fourth-order valence-electron chi connectivity index (χ4n) is 1.97. The van der Waals surface area contributed by atoms with Crippen molar-refractivity contribution in [1.82, 2.24) is 0 Å². The summed E-state index contributed by atoms with van der Waals surface area (Å²) in [6.45, 7) is 1.96. The molecule has 0 spiro atoms. The second kappa shape index (κ2) is 6.35. The van der Waals surface area contributed by atoms with Crippen molar-refractivity contribution in [3.63, 3.8) is 0 Å². The van der Waals surface area contributed by atoms with Gasteiger partial charge < -0.3 is 11.1 Å². The Labute approximate surface area is 121 Å². The molecule has 0 radical (unpaired) electrons. The molecule has 5 heteroatoms. The van der Waals surface area contributed by atoms with Crippen LogP contribution >= 0.6 is 0 Å². The second-order valence-corrected chi connectivity index (χ2v) is 4.81. The zero-order chi connectivity index (χ0) is 15.4. The second-order valence-electron chi connectivity index (χ2n) is 4.81. The van der Waals surface area contributed by atoms with Crippen LogP contribution in [-0.4, -0.2) is 5.91 Å². The maximum Gasteiger partial charge on any atom is 0.263 e. The van der Waals surface area contributed by atoms with E-state index in [2.05, 4.69) is 5.32 Å². The Kier molecular flexibility index (Phi) is 4.52. The molecule has 0 heterocycles. The number of aryl methyl sites for hydroxylation is 1. The first kappa shape index (κ1) is 15.0. The lowest BCUT2D eigenvalue weighted by Gasteiger charge is -2.17. The number of halogens is 2. The molecule has 2 aromatic rings. The van der Waals surface area contributed by atoms with Crippen molar-refractivity contribution in [2.24, 2.45) is 5.73 Å². The summed E-state index contributed by atoms with van der Waals surface area (Å²) >= 11 is 0. The van der Waals surface area contributed by atoms with E-state index in [1.807, 2.05) is 31.2 Å². The highest BCUT2D eigenvalue weighted by Crippen LogP contribution is 2.23. The van der Waals surface area contributed by atoms with E-state index in [9.17, 15) is 13.6 Å². The number of carbonyl (C=O) groups is 1. The number of nitrogens with one attached hydrogen (secondary N) is 1. The van der Waals surface area contributed by atoms with Gasteiger partial charge in [-0.05, 0) is 24.6 Å². The van der Waals surface area contributed by atoms with Gasteiger partial charge in [0.05, 0.1) is 0 Å². The van der Waals surface area contributed by atoms with Gasteiger partial charge in [0.25, 0.3) is 6.43 Å². The minimum Gasteiger partial charge on any atom is -0.370 e. The number of rotatable bonds is 5. The number of primary amides is 1. The largest absolute Gasteiger partial charge is 0.370 e. The third-order valence-corrected chi connectivity index (χ3v) is 3.17. The van der Waals surface area contributed by atoms with E-state index in [-0.39, 0.29) is 5.56 Å². The Morgan fingerprint density at radius 3 is 2.00 bits per heavy atom. The molecule has 1 unspecified atom stereocenters. The molecule has 1 amide bonds. The van der Waals surface area contributed by atoms with E-state index < -0.39 is 18.4 Å². The lowest BCUT2D eigenvalue weighted by atomic mass is 10.0. The minimum atomic E-state index is -2.53. The third kappa shape index (κ3) is 3.78. The topological polar surface area (TPSA) is 55.1 Å². The van der Waals surface area contributed by atoms with Crippen LogP contribution in [0.15, 0.2) is 48.5 Å². The Morgan fingerprint density at radius 2 is 1.52 bits per heavy atom. The molecule has 3 N–H and O–H groups in total. The van der Waals surface area contributed by atoms with Crippen LogP contribution in [0.5, 0.6) is 0 Å². The van der Waals surface area contributed by atoms with Gasteiger partial charge in [-0.3, -0.25) is 4.79 Å². The average molecular weight is 290 g/mol. The van der Waals surface area contributed by atoms with Crippen molar-refractivity contribution >= 4 is 11.6 Å². The van der Waals surface area contributed by atoms with Gasteiger partial charge in [0.2, 0.25) is 5.91 Å². The van der Waals surface area contributed by atoms with Crippen LogP contribution in [0.3, 0.4) is 0 Å². The third-order valence-electron chi connectivity index (χ3n) is 3.17. The van der Waals surface area contributed by atoms with Crippen molar-refractivity contribution in [3.05, 3.63) is 65.2 Å². The highest BCUT2D eigenvalue weighted by Gasteiger charge is 2.18. The maximum atomic E-state index is 12.5. The zero-order valence-electron chi connectivity index (χ0n) is 11.5. The summed E-state index contributed by atoms with van der Waals surface area (Å²) in [5.41, 5.74) is 7.69. The molecule has 0 aliphatic carbocycles. The number of anilines is 1. The predicted octanol–water partition coefficient (Wildman–Crippen LogP) is 3.57. The summed E-state index contributed by atoms with van der Waals surface area (Å²) in [5, 5.41) is 3.01. The SMILES string of the molecule is Cc1ccc(NC(C(N)=O)c2ccc(C(F)F)cc2)cc1. The first-order chi connectivity index (χ1) is 9.97. The van der Waals surface area contributed by atoms with Crippen molar-refractivity contribution in [3.8, 4) is 0 Å². The summed E-state index contributed by atoms with van der Waals surface area (Å²) in [4.78, 5) is 11.6. The maximum absolute atomic E-state index is 12.5. The number of benzene rings is 2. The first-order valence-electron chi connectivity index (χ1n) is 6.48. The molecule has 0 aliphatic rings. The molecule has 2 aromatic carbocycles. The Balaban J connectivity index is 2.22. The van der Waals surface area contributed by atoms with Crippen LogP contribution in [0, 0.1) is 6.92 Å². The van der Waals surface area contributed by atoms with Gasteiger partial charge >= 0.3 is 0 Å². The van der Waals surface area contributed by atoms with E-state index in [0.29, 0.717) is 5.56 Å². The molecule has 0 fully saturated rings. The fourth-order valence-corrected chi connectivity index (χ4v) is 1.97. The highest BCUT2D eigenvalue weighted by atomic mass is 19.3. The van der Waals surface area contributed by atoms with Gasteiger partial charge in [-0.15, -0.1) is 0 Å². The smallest absolute Gasteiger partial charge is 0.263 e. The Morgan fingerprint density at radius 1 is 1.00 bits per heavy atom. The molecule has 1 atom stereocenters. The Hall–Kier alpha value is -2.43. The molecule has 110 valence electrons. The van der Waals surface area contributed by atoms with Crippen molar-refractivity contribution < 1.29 is 13.6 Å². The van der Waals surface area contributed by atoms with Gasteiger partial charge in [0, 0.05) is 11.3 Å². The number of carbonyl (C=O) groups excluding carboxylic acids is 1. The van der Waals surface area contributed by atoms with E-state index in [4.69, 9.17) is 5.73 Å².